The van der Waals surface area contributed by atoms with E-state index in [9.17, 15) is 28.8 Å². The number of Topliss-reactive ketones (excluding diaryl/α,β-unsaturated/α-hetero) is 1. The number of amides is 5. The number of likely N-dealkylation sites (tertiary alicyclic amines) is 2. The van der Waals surface area contributed by atoms with Gasteiger partial charge in [0.25, 0.3) is 0 Å². The van der Waals surface area contributed by atoms with Gasteiger partial charge in [-0.2, -0.15) is 0 Å². The topological polar surface area (TPSA) is 169 Å². The maximum atomic E-state index is 14.0. The smallest absolute Gasteiger partial charge is 0.245 e. The zero-order valence-electron chi connectivity index (χ0n) is 35.9. The van der Waals surface area contributed by atoms with Crippen LogP contribution in [-0.4, -0.2) is 115 Å². The van der Waals surface area contributed by atoms with E-state index >= 15 is 0 Å². The first-order valence-corrected chi connectivity index (χ1v) is 21.4. The number of nitrogens with one attached hydrogen (secondary N) is 5. The van der Waals surface area contributed by atoms with Crippen LogP contribution in [0.5, 0.6) is 0 Å². The minimum Gasteiger partial charge on any atom is -0.354 e. The van der Waals surface area contributed by atoms with Crippen LogP contribution in [0, 0.1) is 0 Å². The molecule has 2 aliphatic rings. The first kappa shape index (κ1) is 52.1. The second-order valence-electron chi connectivity index (χ2n) is 16.0. The van der Waals surface area contributed by atoms with Gasteiger partial charge >= 0.3 is 0 Å². The van der Waals surface area contributed by atoms with E-state index in [-0.39, 0.29) is 78.6 Å². The fourth-order valence-electron chi connectivity index (χ4n) is 7.90. The van der Waals surface area contributed by atoms with E-state index in [1.165, 1.54) is 0 Å². The molecule has 4 rings (SSSR count). The number of carbonyl (C=O) groups is 6. The van der Waals surface area contributed by atoms with Crippen LogP contribution in [0.3, 0.4) is 0 Å². The van der Waals surface area contributed by atoms with Gasteiger partial charge in [-0.15, -0.1) is 24.8 Å². The Labute approximate surface area is 369 Å². The summed E-state index contributed by atoms with van der Waals surface area (Å²) in [7, 11) is 3.41. The molecule has 0 unspecified atom stereocenters. The predicted octanol–water partition coefficient (Wildman–Crippen LogP) is 4.29. The molecule has 0 spiro atoms. The van der Waals surface area contributed by atoms with E-state index in [1.807, 2.05) is 70.5 Å². The van der Waals surface area contributed by atoms with Crippen LogP contribution in [0.4, 0.5) is 0 Å². The molecule has 15 heteroatoms. The van der Waals surface area contributed by atoms with E-state index in [1.54, 1.807) is 27.9 Å². The summed E-state index contributed by atoms with van der Waals surface area (Å²) in [5.41, 5.74) is 1.91. The third-order valence-corrected chi connectivity index (χ3v) is 11.7. The van der Waals surface area contributed by atoms with Crippen LogP contribution in [-0.2, 0) is 41.6 Å². The molecule has 334 valence electrons. The molecule has 2 aromatic rings. The number of hydrogen-bond acceptors (Lipinski definition) is 8. The molecule has 2 heterocycles. The van der Waals surface area contributed by atoms with Crippen molar-refractivity contribution in [2.75, 3.05) is 33.7 Å². The minimum absolute atomic E-state index is 0. The van der Waals surface area contributed by atoms with Crippen LogP contribution in [0.1, 0.15) is 102 Å². The zero-order valence-corrected chi connectivity index (χ0v) is 37.6. The number of likely N-dealkylation sites (N-methyl/N-ethyl adjacent to an activating group) is 2. The average Bonchev–Trinajstić information content (AvgIpc) is 3.92. The third kappa shape index (κ3) is 16.8. The highest BCUT2D eigenvalue weighted by atomic mass is 35.5. The van der Waals surface area contributed by atoms with E-state index < -0.39 is 24.2 Å². The Hall–Kier alpha value is -4.04. The normalized spacial score (nSPS) is 17.9. The second kappa shape index (κ2) is 27.7. The standard InChI is InChI=1S/C45H67N7O6.2ClH/c1-32(46-3)42(55)49-39(44(57)51-27-15-21-36(51)25-26-38(53)29-34-17-9-7-10-18-34)23-13-5-6-14-24-40(50-43(56)33(2)47-4)45(58)52-28-16-22-37(52)31-48-41(54)30-35-19-11-8-12-20-35;;/h7-12,17-20,32-33,36-37,39-40,46-47H,5-6,13-16,21-31H2,1-4H3,(H,48,54)(H,49,55)(H,50,56);2*1H/t32-,33-,36-,37-,39-,40-;;/m0../s1. The molecule has 2 aromatic carbocycles. The molecular formula is C45H69Cl2N7O6. The molecule has 2 saturated heterocycles. The second-order valence-corrected chi connectivity index (χ2v) is 16.0. The lowest BCUT2D eigenvalue weighted by Gasteiger charge is -2.30. The highest BCUT2D eigenvalue weighted by Crippen LogP contribution is 2.25. The van der Waals surface area contributed by atoms with Crippen LogP contribution in [0.2, 0.25) is 0 Å². The molecule has 5 amide bonds. The van der Waals surface area contributed by atoms with E-state index in [0.29, 0.717) is 64.6 Å². The molecule has 60 heavy (non-hydrogen) atoms. The van der Waals surface area contributed by atoms with E-state index in [4.69, 9.17) is 0 Å². The van der Waals surface area contributed by atoms with Gasteiger partial charge in [0.1, 0.15) is 17.9 Å². The van der Waals surface area contributed by atoms with Gasteiger partial charge in [0, 0.05) is 44.6 Å². The third-order valence-electron chi connectivity index (χ3n) is 11.7. The molecule has 6 atom stereocenters. The summed E-state index contributed by atoms with van der Waals surface area (Å²) >= 11 is 0. The molecule has 0 saturated carbocycles. The lowest BCUT2D eigenvalue weighted by atomic mass is 10.00. The zero-order chi connectivity index (χ0) is 41.9. The number of nitrogens with zero attached hydrogens (tertiary/aromatic N) is 2. The molecule has 0 aliphatic carbocycles. The van der Waals surface area contributed by atoms with Crippen molar-refractivity contribution < 1.29 is 28.8 Å². The number of unbranched alkanes of at least 4 members (excludes halogenated alkanes) is 3. The Morgan fingerprint density at radius 1 is 0.633 bits per heavy atom. The highest BCUT2D eigenvalue weighted by Gasteiger charge is 2.36. The van der Waals surface area contributed by atoms with Gasteiger partial charge in [0.15, 0.2) is 0 Å². The molecule has 2 fully saturated rings. The summed E-state index contributed by atoms with van der Waals surface area (Å²) < 4.78 is 0. The monoisotopic (exact) mass is 873 g/mol. The van der Waals surface area contributed by atoms with Gasteiger partial charge in [-0.3, -0.25) is 28.8 Å². The van der Waals surface area contributed by atoms with Crippen molar-refractivity contribution in [2.45, 2.75) is 140 Å². The van der Waals surface area contributed by atoms with Crippen LogP contribution in [0.15, 0.2) is 60.7 Å². The summed E-state index contributed by atoms with van der Waals surface area (Å²) in [6.45, 7) is 5.05. The van der Waals surface area contributed by atoms with Gasteiger partial charge in [0.05, 0.1) is 18.5 Å². The van der Waals surface area contributed by atoms with Crippen molar-refractivity contribution >= 4 is 60.1 Å². The quantitative estimate of drug-likeness (QED) is 0.0975. The summed E-state index contributed by atoms with van der Waals surface area (Å²) in [6, 6.07) is 16.7. The van der Waals surface area contributed by atoms with Crippen LogP contribution >= 0.6 is 24.8 Å². The first-order valence-electron chi connectivity index (χ1n) is 21.4. The van der Waals surface area contributed by atoms with Gasteiger partial charge in [0.2, 0.25) is 29.5 Å². The minimum atomic E-state index is -0.702. The first-order chi connectivity index (χ1) is 28.0. The summed E-state index contributed by atoms with van der Waals surface area (Å²) in [6.07, 6.45) is 8.83. The van der Waals surface area contributed by atoms with Crippen molar-refractivity contribution in [3.63, 3.8) is 0 Å². The van der Waals surface area contributed by atoms with Crippen molar-refractivity contribution in [1.82, 2.24) is 36.4 Å². The summed E-state index contributed by atoms with van der Waals surface area (Å²) in [5, 5.41) is 14.9. The fourth-order valence-corrected chi connectivity index (χ4v) is 7.90. The maximum absolute atomic E-state index is 14.0. The van der Waals surface area contributed by atoms with E-state index in [0.717, 1.165) is 49.7 Å². The van der Waals surface area contributed by atoms with Gasteiger partial charge in [-0.05, 0) is 84.0 Å². The number of ketones is 1. The lowest BCUT2D eigenvalue weighted by Crippen LogP contribution is -2.54. The Kier molecular flexibility index (Phi) is 24.1. The van der Waals surface area contributed by atoms with Gasteiger partial charge in [-0.25, -0.2) is 0 Å². The maximum Gasteiger partial charge on any atom is 0.245 e. The fraction of sp³-hybridized carbons (Fsp3) is 0.600. The van der Waals surface area contributed by atoms with Crippen molar-refractivity contribution in [1.29, 1.82) is 0 Å². The number of halogens is 2. The summed E-state index contributed by atoms with van der Waals surface area (Å²) in [5.74, 6) is -0.658. The Morgan fingerprint density at radius 3 is 1.57 bits per heavy atom. The number of hydrogen-bond donors (Lipinski definition) is 5. The lowest BCUT2D eigenvalue weighted by molar-refractivity contribution is -0.138. The number of rotatable bonds is 24. The Balaban J connectivity index is 0.00000620. The van der Waals surface area contributed by atoms with Crippen LogP contribution < -0.4 is 26.6 Å². The Bertz CT molecular complexity index is 1520. The van der Waals surface area contributed by atoms with E-state index in [2.05, 4.69) is 26.6 Å². The van der Waals surface area contributed by atoms with Gasteiger partial charge in [-0.1, -0.05) is 86.3 Å². The van der Waals surface area contributed by atoms with Crippen molar-refractivity contribution in [3.05, 3.63) is 71.8 Å². The largest absolute Gasteiger partial charge is 0.354 e. The number of carbonyl (C=O) groups excluding carboxylic acids is 6. The Morgan fingerprint density at radius 2 is 1.08 bits per heavy atom. The molecule has 0 aromatic heterocycles. The highest BCUT2D eigenvalue weighted by molar-refractivity contribution is 5.91. The SMILES string of the molecule is CN[C@@H](C)C(=O)N[C@@H](CCCCCC[C@H](NC(=O)[C@H](C)NC)C(=O)N1CCC[C@H]1CNC(=O)Cc1ccccc1)C(=O)N1CCC[C@H]1CCC(=O)Cc1ccccc1.Cl.Cl. The van der Waals surface area contributed by atoms with Crippen LogP contribution in [0.25, 0.3) is 0 Å². The molecule has 5 N–H and O–H groups in total. The molecule has 0 radical (unpaired) electrons. The molecule has 0 bridgehead atoms. The van der Waals surface area contributed by atoms with Crippen molar-refractivity contribution in [2.24, 2.45) is 0 Å². The van der Waals surface area contributed by atoms with Crippen molar-refractivity contribution in [3.8, 4) is 0 Å². The molecule has 2 aliphatic heterocycles. The average molecular weight is 875 g/mol. The summed E-state index contributed by atoms with van der Waals surface area (Å²) in [4.78, 5) is 83.2. The molecular weight excluding hydrogens is 805 g/mol. The van der Waals surface area contributed by atoms with Gasteiger partial charge < -0.3 is 36.4 Å². The number of benzene rings is 2. The molecule has 13 nitrogen and oxygen atoms in total. The predicted molar refractivity (Wildman–Crippen MR) is 240 cm³/mol.